The van der Waals surface area contributed by atoms with Gasteiger partial charge in [-0.05, 0) is 37.4 Å². The highest BCUT2D eigenvalue weighted by atomic mass is 16.3. The van der Waals surface area contributed by atoms with E-state index in [1.165, 1.54) is 25.9 Å². The Labute approximate surface area is 114 Å². The molecule has 19 heavy (non-hydrogen) atoms. The van der Waals surface area contributed by atoms with Crippen LogP contribution in [0.2, 0.25) is 0 Å². The number of rotatable bonds is 3. The number of oxazole rings is 1. The van der Waals surface area contributed by atoms with Crippen LogP contribution in [0.15, 0.2) is 41.0 Å². The van der Waals surface area contributed by atoms with Crippen molar-refractivity contribution in [3.63, 3.8) is 0 Å². The fourth-order valence-corrected chi connectivity index (χ4v) is 2.75. The molecule has 0 saturated carbocycles. The first-order valence-corrected chi connectivity index (χ1v) is 7.03. The molecule has 1 aliphatic rings. The van der Waals surface area contributed by atoms with Crippen LogP contribution in [0.25, 0.3) is 11.5 Å². The Balaban J connectivity index is 1.68. The van der Waals surface area contributed by atoms with Gasteiger partial charge in [-0.15, -0.1) is 0 Å². The number of hydrogen-bond donors (Lipinski definition) is 0. The van der Waals surface area contributed by atoms with Crippen LogP contribution in [0.5, 0.6) is 0 Å². The van der Waals surface area contributed by atoms with Crippen molar-refractivity contribution in [3.05, 3.63) is 42.3 Å². The molecule has 2 heterocycles. The van der Waals surface area contributed by atoms with Crippen molar-refractivity contribution in [2.24, 2.45) is 5.92 Å². The van der Waals surface area contributed by atoms with Crippen molar-refractivity contribution in [2.45, 2.75) is 26.3 Å². The molecule has 1 fully saturated rings. The molecule has 0 aliphatic carbocycles. The molecule has 2 aromatic rings. The molecular formula is C16H20N2O. The molecule has 1 aliphatic heterocycles. The van der Waals surface area contributed by atoms with Gasteiger partial charge in [0.05, 0.1) is 5.69 Å². The van der Waals surface area contributed by atoms with Crippen molar-refractivity contribution < 1.29 is 4.42 Å². The van der Waals surface area contributed by atoms with E-state index in [9.17, 15) is 0 Å². The largest absolute Gasteiger partial charge is 0.444 e. The predicted molar refractivity (Wildman–Crippen MR) is 75.6 cm³/mol. The Bertz CT molecular complexity index is 521. The number of hydrogen-bond acceptors (Lipinski definition) is 3. The average molecular weight is 256 g/mol. The van der Waals surface area contributed by atoms with E-state index in [0.29, 0.717) is 0 Å². The van der Waals surface area contributed by atoms with Crippen LogP contribution in [-0.4, -0.2) is 23.0 Å². The highest BCUT2D eigenvalue weighted by molar-refractivity contribution is 5.52. The van der Waals surface area contributed by atoms with E-state index in [1.54, 1.807) is 6.26 Å². The minimum absolute atomic E-state index is 0.723. The highest BCUT2D eigenvalue weighted by Crippen LogP contribution is 2.21. The quantitative estimate of drug-likeness (QED) is 0.840. The molecule has 1 aromatic heterocycles. The van der Waals surface area contributed by atoms with E-state index >= 15 is 0 Å². The summed E-state index contributed by atoms with van der Waals surface area (Å²) in [6, 6.07) is 10.1. The zero-order chi connectivity index (χ0) is 13.1. The van der Waals surface area contributed by atoms with Crippen molar-refractivity contribution >= 4 is 0 Å². The van der Waals surface area contributed by atoms with E-state index in [2.05, 4.69) is 16.8 Å². The van der Waals surface area contributed by atoms with Gasteiger partial charge in [0.2, 0.25) is 5.89 Å². The lowest BCUT2D eigenvalue weighted by molar-refractivity contribution is 0.175. The Kier molecular flexibility index (Phi) is 3.65. The molecule has 0 radical (unpaired) electrons. The SMILES string of the molecule is CC1CCCN(Cc2coc(-c3ccccc3)n2)C1. The van der Waals surface area contributed by atoms with E-state index < -0.39 is 0 Å². The molecule has 3 rings (SSSR count). The zero-order valence-corrected chi connectivity index (χ0v) is 11.4. The van der Waals surface area contributed by atoms with Gasteiger partial charge in [0.1, 0.15) is 6.26 Å². The third-order valence-corrected chi connectivity index (χ3v) is 3.70. The second-order valence-corrected chi connectivity index (χ2v) is 5.49. The smallest absolute Gasteiger partial charge is 0.226 e. The summed E-state index contributed by atoms with van der Waals surface area (Å²) in [7, 11) is 0. The summed E-state index contributed by atoms with van der Waals surface area (Å²) >= 11 is 0. The van der Waals surface area contributed by atoms with Crippen molar-refractivity contribution in [1.82, 2.24) is 9.88 Å². The Hall–Kier alpha value is -1.61. The third kappa shape index (κ3) is 3.04. The minimum Gasteiger partial charge on any atom is -0.444 e. The molecule has 1 atom stereocenters. The fourth-order valence-electron chi connectivity index (χ4n) is 2.75. The molecule has 3 heteroatoms. The van der Waals surface area contributed by atoms with Crippen LogP contribution in [0.1, 0.15) is 25.5 Å². The highest BCUT2D eigenvalue weighted by Gasteiger charge is 2.17. The molecular weight excluding hydrogens is 236 g/mol. The molecule has 3 nitrogen and oxygen atoms in total. The number of nitrogens with zero attached hydrogens (tertiary/aromatic N) is 2. The van der Waals surface area contributed by atoms with E-state index in [1.807, 2.05) is 30.3 Å². The lowest BCUT2D eigenvalue weighted by Crippen LogP contribution is -2.33. The summed E-state index contributed by atoms with van der Waals surface area (Å²) in [6.45, 7) is 5.58. The maximum absolute atomic E-state index is 5.58. The number of aromatic nitrogens is 1. The maximum atomic E-state index is 5.58. The van der Waals surface area contributed by atoms with Gasteiger partial charge in [0.15, 0.2) is 0 Å². The summed E-state index contributed by atoms with van der Waals surface area (Å²) in [5.41, 5.74) is 2.08. The van der Waals surface area contributed by atoms with Crippen molar-refractivity contribution in [2.75, 3.05) is 13.1 Å². The summed E-state index contributed by atoms with van der Waals surface area (Å²) in [6.07, 6.45) is 4.44. The molecule has 0 bridgehead atoms. The molecule has 0 N–H and O–H groups in total. The van der Waals surface area contributed by atoms with Gasteiger partial charge >= 0.3 is 0 Å². The van der Waals surface area contributed by atoms with Crippen LogP contribution in [0.4, 0.5) is 0 Å². The Morgan fingerprint density at radius 2 is 2.16 bits per heavy atom. The second-order valence-electron chi connectivity index (χ2n) is 5.49. The zero-order valence-electron chi connectivity index (χ0n) is 11.4. The summed E-state index contributed by atoms with van der Waals surface area (Å²) in [5, 5.41) is 0. The molecule has 100 valence electrons. The van der Waals surface area contributed by atoms with Crippen LogP contribution in [-0.2, 0) is 6.54 Å². The van der Waals surface area contributed by atoms with Gasteiger partial charge in [-0.1, -0.05) is 25.1 Å². The summed E-state index contributed by atoms with van der Waals surface area (Å²) in [4.78, 5) is 7.06. The van der Waals surface area contributed by atoms with E-state index in [4.69, 9.17) is 4.42 Å². The van der Waals surface area contributed by atoms with Crippen LogP contribution in [0, 0.1) is 5.92 Å². The first-order chi connectivity index (χ1) is 9.31. The summed E-state index contributed by atoms with van der Waals surface area (Å²) in [5.74, 6) is 1.52. The molecule has 1 unspecified atom stereocenters. The van der Waals surface area contributed by atoms with Crippen molar-refractivity contribution in [3.8, 4) is 11.5 Å². The third-order valence-electron chi connectivity index (χ3n) is 3.70. The summed E-state index contributed by atoms with van der Waals surface area (Å²) < 4.78 is 5.58. The van der Waals surface area contributed by atoms with Crippen LogP contribution >= 0.6 is 0 Å². The van der Waals surface area contributed by atoms with E-state index in [0.717, 1.165) is 29.6 Å². The van der Waals surface area contributed by atoms with Gasteiger partial charge < -0.3 is 4.42 Å². The monoisotopic (exact) mass is 256 g/mol. The van der Waals surface area contributed by atoms with Crippen LogP contribution in [0.3, 0.4) is 0 Å². The van der Waals surface area contributed by atoms with Crippen molar-refractivity contribution in [1.29, 1.82) is 0 Å². The molecule has 0 spiro atoms. The van der Waals surface area contributed by atoms with Gasteiger partial charge in [-0.2, -0.15) is 0 Å². The van der Waals surface area contributed by atoms with Crippen LogP contribution < -0.4 is 0 Å². The van der Waals surface area contributed by atoms with Gasteiger partial charge in [0, 0.05) is 18.7 Å². The maximum Gasteiger partial charge on any atom is 0.226 e. The second kappa shape index (κ2) is 5.57. The number of likely N-dealkylation sites (tertiary alicyclic amines) is 1. The fraction of sp³-hybridized carbons (Fsp3) is 0.438. The standard InChI is InChI=1S/C16H20N2O/c1-13-6-5-9-18(10-13)11-15-12-19-16(17-15)14-7-3-2-4-8-14/h2-4,7-8,12-13H,5-6,9-11H2,1H3. The van der Waals surface area contributed by atoms with Gasteiger partial charge in [-0.3, -0.25) is 4.90 Å². The Morgan fingerprint density at radius 1 is 1.32 bits per heavy atom. The van der Waals surface area contributed by atoms with E-state index in [-0.39, 0.29) is 0 Å². The minimum atomic E-state index is 0.723. The topological polar surface area (TPSA) is 29.3 Å². The first-order valence-electron chi connectivity index (χ1n) is 7.03. The normalized spacial score (nSPS) is 20.6. The Morgan fingerprint density at radius 3 is 2.95 bits per heavy atom. The first kappa shape index (κ1) is 12.4. The lowest BCUT2D eigenvalue weighted by Gasteiger charge is -2.29. The average Bonchev–Trinajstić information content (AvgIpc) is 2.88. The lowest BCUT2D eigenvalue weighted by atomic mass is 10.0. The molecule has 1 saturated heterocycles. The molecule has 0 amide bonds. The number of benzene rings is 1. The predicted octanol–water partition coefficient (Wildman–Crippen LogP) is 3.57. The van der Waals surface area contributed by atoms with Gasteiger partial charge in [-0.25, -0.2) is 4.98 Å². The van der Waals surface area contributed by atoms with Gasteiger partial charge in [0.25, 0.3) is 0 Å². The number of piperidine rings is 1. The molecule has 1 aromatic carbocycles.